The molecular weight excluding hydrogens is 445 g/mol. The van der Waals surface area contributed by atoms with Crippen molar-refractivity contribution in [3.8, 4) is 11.4 Å². The minimum Gasteiger partial charge on any atom is -0.380 e. The maximum Gasteiger partial charge on any atom is 0.228 e. The number of para-hydroxylation sites is 1. The van der Waals surface area contributed by atoms with E-state index in [9.17, 15) is 4.39 Å². The number of pyridine rings is 1. The molecule has 9 heteroatoms. The molecule has 4 aromatic heterocycles. The summed E-state index contributed by atoms with van der Waals surface area (Å²) in [5.41, 5.74) is 6.36. The number of ether oxygens (including phenoxy) is 1. The maximum absolute atomic E-state index is 13.9. The van der Waals surface area contributed by atoms with Crippen LogP contribution in [0.4, 0.5) is 10.3 Å². The molecule has 0 spiro atoms. The van der Waals surface area contributed by atoms with Crippen LogP contribution in [-0.4, -0.2) is 49.3 Å². The fourth-order valence-electron chi connectivity index (χ4n) is 4.81. The van der Waals surface area contributed by atoms with Crippen LogP contribution in [0.5, 0.6) is 0 Å². The van der Waals surface area contributed by atoms with Crippen LogP contribution in [0.2, 0.25) is 0 Å². The van der Waals surface area contributed by atoms with E-state index in [0.717, 1.165) is 42.1 Å². The van der Waals surface area contributed by atoms with Crippen LogP contribution in [0.1, 0.15) is 23.2 Å². The van der Waals surface area contributed by atoms with Crippen molar-refractivity contribution < 1.29 is 9.13 Å². The Labute approximate surface area is 200 Å². The van der Waals surface area contributed by atoms with Crippen LogP contribution in [0.15, 0.2) is 55.5 Å². The standard InChI is InChI=1S/C26H24FN7O/c1-15(14-35-2)21-13-29-34-25(21)32-24(16-9-17(27)12-28-11-16)33-26(34)30-18-7-8-23-20(10-18)19-5-3-4-6-22(19)31-23/h3-6,9,11-13,18,31H,1,7-8,10,14H2,2H3,(H,30,32,33)/t18-/m1/s1. The number of benzene rings is 1. The number of rotatable bonds is 6. The van der Waals surface area contributed by atoms with Gasteiger partial charge in [0, 0.05) is 47.1 Å². The summed E-state index contributed by atoms with van der Waals surface area (Å²) in [4.78, 5) is 17.0. The van der Waals surface area contributed by atoms with Crippen molar-refractivity contribution in [3.63, 3.8) is 0 Å². The quantitative estimate of drug-likeness (QED) is 0.382. The Kier molecular flexibility index (Phi) is 5.26. The smallest absolute Gasteiger partial charge is 0.228 e. The zero-order chi connectivity index (χ0) is 23.9. The van der Waals surface area contributed by atoms with E-state index >= 15 is 0 Å². The van der Waals surface area contributed by atoms with Gasteiger partial charge in [0.1, 0.15) is 5.82 Å². The third-order valence-electron chi connectivity index (χ3n) is 6.46. The normalized spacial score (nSPS) is 15.4. The number of nitrogens with one attached hydrogen (secondary N) is 2. The lowest BCUT2D eigenvalue weighted by Gasteiger charge is -2.24. The predicted molar refractivity (Wildman–Crippen MR) is 133 cm³/mol. The Morgan fingerprint density at radius 3 is 3.00 bits per heavy atom. The zero-order valence-electron chi connectivity index (χ0n) is 19.3. The van der Waals surface area contributed by atoms with Gasteiger partial charge in [0.25, 0.3) is 0 Å². The molecule has 1 aromatic carbocycles. The van der Waals surface area contributed by atoms with Crippen LogP contribution >= 0.6 is 0 Å². The Morgan fingerprint density at radius 1 is 1.26 bits per heavy atom. The van der Waals surface area contributed by atoms with Gasteiger partial charge in [-0.15, -0.1) is 0 Å². The first-order chi connectivity index (χ1) is 17.1. The third-order valence-corrected chi connectivity index (χ3v) is 6.46. The van der Waals surface area contributed by atoms with Gasteiger partial charge >= 0.3 is 0 Å². The molecule has 2 N–H and O–H groups in total. The van der Waals surface area contributed by atoms with Crippen LogP contribution in [0, 0.1) is 5.82 Å². The Hall–Kier alpha value is -4.11. The second kappa shape index (κ2) is 8.59. The van der Waals surface area contributed by atoms with E-state index in [2.05, 4.69) is 45.2 Å². The number of aryl methyl sites for hydroxylation is 1. The summed E-state index contributed by atoms with van der Waals surface area (Å²) < 4.78 is 20.9. The Morgan fingerprint density at radius 2 is 2.14 bits per heavy atom. The number of H-pyrrole nitrogens is 1. The fraction of sp³-hybridized carbons (Fsp3) is 0.231. The molecule has 0 fully saturated rings. The molecule has 0 saturated heterocycles. The molecule has 4 heterocycles. The number of hydrogen-bond acceptors (Lipinski definition) is 6. The predicted octanol–water partition coefficient (Wildman–Crippen LogP) is 4.44. The maximum atomic E-state index is 13.9. The summed E-state index contributed by atoms with van der Waals surface area (Å²) >= 11 is 0. The van der Waals surface area contributed by atoms with Gasteiger partial charge in [-0.2, -0.15) is 14.6 Å². The van der Waals surface area contributed by atoms with Crippen molar-refractivity contribution in [2.45, 2.75) is 25.3 Å². The van der Waals surface area contributed by atoms with Crippen molar-refractivity contribution in [1.82, 2.24) is 29.5 Å². The highest BCUT2D eigenvalue weighted by molar-refractivity contribution is 5.85. The number of anilines is 1. The minimum absolute atomic E-state index is 0.146. The molecule has 5 aromatic rings. The van der Waals surface area contributed by atoms with Crippen molar-refractivity contribution >= 4 is 28.1 Å². The molecule has 1 atom stereocenters. The topological polar surface area (TPSA) is 93.0 Å². The first-order valence-electron chi connectivity index (χ1n) is 11.5. The summed E-state index contributed by atoms with van der Waals surface area (Å²) in [6.45, 7) is 4.46. The van der Waals surface area contributed by atoms with Gasteiger partial charge in [-0.1, -0.05) is 24.8 Å². The number of hydrogen-bond donors (Lipinski definition) is 2. The lowest BCUT2D eigenvalue weighted by molar-refractivity contribution is 0.240. The van der Waals surface area contributed by atoms with Gasteiger partial charge in [-0.05, 0) is 42.5 Å². The van der Waals surface area contributed by atoms with Crippen molar-refractivity contribution in [2.24, 2.45) is 0 Å². The van der Waals surface area contributed by atoms with Crippen molar-refractivity contribution in [3.05, 3.63) is 78.1 Å². The average molecular weight is 470 g/mol. The van der Waals surface area contributed by atoms with Crippen molar-refractivity contribution in [2.75, 3.05) is 19.0 Å². The number of fused-ring (bicyclic) bond motifs is 4. The first kappa shape index (κ1) is 21.4. The van der Waals surface area contributed by atoms with Crippen molar-refractivity contribution in [1.29, 1.82) is 0 Å². The molecule has 1 aliphatic rings. The second-order valence-corrected chi connectivity index (χ2v) is 8.80. The number of aromatic nitrogens is 6. The van der Waals surface area contributed by atoms with Crippen LogP contribution in [0.25, 0.3) is 33.5 Å². The van der Waals surface area contributed by atoms with E-state index in [1.54, 1.807) is 24.0 Å². The summed E-state index contributed by atoms with van der Waals surface area (Å²) in [6, 6.07) is 9.91. The van der Waals surface area contributed by atoms with E-state index < -0.39 is 5.82 Å². The number of aromatic amines is 1. The zero-order valence-corrected chi connectivity index (χ0v) is 19.3. The highest BCUT2D eigenvalue weighted by atomic mass is 19.1. The second-order valence-electron chi connectivity index (χ2n) is 8.80. The van der Waals surface area contributed by atoms with Crippen LogP contribution < -0.4 is 5.32 Å². The molecule has 8 nitrogen and oxygen atoms in total. The molecule has 0 saturated carbocycles. The molecule has 6 rings (SSSR count). The van der Waals surface area contributed by atoms with Gasteiger partial charge in [0.05, 0.1) is 19.0 Å². The molecule has 35 heavy (non-hydrogen) atoms. The van der Waals surface area contributed by atoms with Gasteiger partial charge in [0.2, 0.25) is 5.95 Å². The molecule has 1 aliphatic carbocycles. The Bertz CT molecular complexity index is 1570. The van der Waals surface area contributed by atoms with Crippen LogP contribution in [-0.2, 0) is 17.6 Å². The molecule has 0 aliphatic heterocycles. The fourth-order valence-corrected chi connectivity index (χ4v) is 4.81. The average Bonchev–Trinajstić information content (AvgIpc) is 3.46. The summed E-state index contributed by atoms with van der Waals surface area (Å²) in [5.74, 6) is 0.457. The van der Waals surface area contributed by atoms with Crippen LogP contribution in [0.3, 0.4) is 0 Å². The summed E-state index contributed by atoms with van der Waals surface area (Å²) in [6.07, 6.45) is 7.15. The van der Waals surface area contributed by atoms with E-state index in [0.29, 0.717) is 29.6 Å². The SMILES string of the molecule is C=C(COC)c1cnn2c(N[C@@H]3CCc4[nH]c5ccccc5c4C3)nc(-c3cncc(F)c3)nc12. The van der Waals surface area contributed by atoms with Gasteiger partial charge in [0.15, 0.2) is 11.5 Å². The molecular formula is C26H24FN7O. The molecule has 176 valence electrons. The van der Waals surface area contributed by atoms with Gasteiger partial charge in [-0.3, -0.25) is 4.98 Å². The minimum atomic E-state index is -0.447. The van der Waals surface area contributed by atoms with Gasteiger partial charge in [-0.25, -0.2) is 9.37 Å². The van der Waals surface area contributed by atoms with E-state index in [4.69, 9.17) is 14.7 Å². The Balaban J connectivity index is 1.41. The summed E-state index contributed by atoms with van der Waals surface area (Å²) in [5, 5.41) is 9.38. The summed E-state index contributed by atoms with van der Waals surface area (Å²) in [7, 11) is 1.62. The molecule has 0 radical (unpaired) electrons. The number of halogens is 1. The number of nitrogens with zero attached hydrogens (tertiary/aromatic N) is 5. The third kappa shape index (κ3) is 3.83. The molecule has 0 unspecified atom stereocenters. The lowest BCUT2D eigenvalue weighted by Crippen LogP contribution is -2.29. The van der Waals surface area contributed by atoms with Gasteiger partial charge < -0.3 is 15.0 Å². The monoisotopic (exact) mass is 469 g/mol. The highest BCUT2D eigenvalue weighted by Gasteiger charge is 2.24. The van der Waals surface area contributed by atoms with E-state index in [-0.39, 0.29) is 6.04 Å². The van der Waals surface area contributed by atoms with E-state index in [1.165, 1.54) is 22.7 Å². The molecule has 0 bridgehead atoms. The lowest BCUT2D eigenvalue weighted by atomic mass is 9.91. The number of methoxy groups -OCH3 is 1. The largest absolute Gasteiger partial charge is 0.380 e. The first-order valence-corrected chi connectivity index (χ1v) is 11.5. The van der Waals surface area contributed by atoms with E-state index in [1.807, 2.05) is 6.07 Å². The molecule has 0 amide bonds. The highest BCUT2D eigenvalue weighted by Crippen LogP contribution is 2.31.